The average molecular weight is 407 g/mol. The fourth-order valence-corrected chi connectivity index (χ4v) is 2.97. The van der Waals surface area contributed by atoms with Crippen molar-refractivity contribution in [1.29, 1.82) is 0 Å². The number of halogens is 2. The summed E-state index contributed by atoms with van der Waals surface area (Å²) >= 11 is 6.98. The van der Waals surface area contributed by atoms with E-state index in [1.807, 2.05) is 36.4 Å². The van der Waals surface area contributed by atoms with Crippen molar-refractivity contribution in [3.63, 3.8) is 0 Å². The topological polar surface area (TPSA) is 32.3 Å². The molecule has 4 heteroatoms. The summed E-state index contributed by atoms with van der Waals surface area (Å²) in [4.78, 5) is 0. The van der Waals surface area contributed by atoms with E-state index in [0.717, 1.165) is 32.0 Å². The zero-order chi connectivity index (χ0) is 14.8. The van der Waals surface area contributed by atoms with Crippen molar-refractivity contribution in [2.75, 3.05) is 5.32 Å². The number of phenolic OH excluding ortho intramolecular Hbond substituents is 1. The van der Waals surface area contributed by atoms with Crippen LogP contribution in [0.25, 0.3) is 10.8 Å². The normalized spacial score (nSPS) is 10.8. The van der Waals surface area contributed by atoms with Gasteiger partial charge in [-0.15, -0.1) is 0 Å². The summed E-state index contributed by atoms with van der Waals surface area (Å²) < 4.78 is 2.08. The molecule has 0 saturated heterocycles. The second kappa shape index (κ2) is 6.08. The van der Waals surface area contributed by atoms with E-state index in [2.05, 4.69) is 49.3 Å². The molecule has 3 rings (SSSR count). The molecule has 0 heterocycles. The van der Waals surface area contributed by atoms with Gasteiger partial charge in [0.05, 0.1) is 0 Å². The minimum atomic E-state index is 0.308. The van der Waals surface area contributed by atoms with Crippen molar-refractivity contribution < 1.29 is 5.11 Å². The molecule has 3 aromatic carbocycles. The van der Waals surface area contributed by atoms with E-state index in [0.29, 0.717) is 5.75 Å². The fraction of sp³-hybridized carbons (Fsp3) is 0.0588. The zero-order valence-corrected chi connectivity index (χ0v) is 14.3. The Morgan fingerprint density at radius 3 is 2.43 bits per heavy atom. The van der Waals surface area contributed by atoms with Crippen molar-refractivity contribution in [2.45, 2.75) is 6.54 Å². The van der Waals surface area contributed by atoms with Crippen molar-refractivity contribution in [3.8, 4) is 5.75 Å². The number of nitrogens with one attached hydrogen (secondary N) is 1. The molecule has 106 valence electrons. The third-order valence-electron chi connectivity index (χ3n) is 3.37. The van der Waals surface area contributed by atoms with Gasteiger partial charge in [0, 0.05) is 32.0 Å². The van der Waals surface area contributed by atoms with Crippen molar-refractivity contribution >= 4 is 48.3 Å². The molecule has 2 nitrogen and oxygen atoms in total. The van der Waals surface area contributed by atoms with Gasteiger partial charge in [0.15, 0.2) is 0 Å². The van der Waals surface area contributed by atoms with Crippen LogP contribution in [0.3, 0.4) is 0 Å². The summed E-state index contributed by atoms with van der Waals surface area (Å²) in [5.74, 6) is 0.308. The van der Waals surface area contributed by atoms with E-state index < -0.39 is 0 Å². The standard InChI is InChI=1S/C17H13Br2NO/c18-14-8-7-11(9-15(14)19)10-20-16-5-1-4-13-12(16)3-2-6-17(13)21/h1-9,20-21H,10H2. The van der Waals surface area contributed by atoms with Crippen LogP contribution in [0.1, 0.15) is 5.56 Å². The van der Waals surface area contributed by atoms with Gasteiger partial charge in [0.25, 0.3) is 0 Å². The Balaban J connectivity index is 1.88. The van der Waals surface area contributed by atoms with Gasteiger partial charge in [0.2, 0.25) is 0 Å². The largest absolute Gasteiger partial charge is 0.507 e. The first kappa shape index (κ1) is 14.4. The Kier molecular flexibility index (Phi) is 4.17. The summed E-state index contributed by atoms with van der Waals surface area (Å²) in [5, 5.41) is 15.2. The third-order valence-corrected chi connectivity index (χ3v) is 5.25. The number of fused-ring (bicyclic) bond motifs is 1. The Morgan fingerprint density at radius 1 is 0.857 bits per heavy atom. The Bertz CT molecular complexity index is 802. The van der Waals surface area contributed by atoms with E-state index >= 15 is 0 Å². The second-order valence-electron chi connectivity index (χ2n) is 4.78. The summed E-state index contributed by atoms with van der Waals surface area (Å²) in [5.41, 5.74) is 2.20. The highest BCUT2D eigenvalue weighted by atomic mass is 79.9. The molecule has 0 bridgehead atoms. The molecule has 0 aromatic heterocycles. The quantitative estimate of drug-likeness (QED) is 0.586. The number of benzene rings is 3. The molecule has 0 aliphatic rings. The van der Waals surface area contributed by atoms with Crippen LogP contribution >= 0.6 is 31.9 Å². The number of anilines is 1. The Hall–Kier alpha value is -1.52. The first-order valence-corrected chi connectivity index (χ1v) is 8.12. The average Bonchev–Trinajstić information content (AvgIpc) is 2.49. The summed E-state index contributed by atoms with van der Waals surface area (Å²) in [6.07, 6.45) is 0. The molecule has 0 amide bonds. The molecular weight excluding hydrogens is 394 g/mol. The molecule has 0 aliphatic heterocycles. The summed E-state index contributed by atoms with van der Waals surface area (Å²) in [6.45, 7) is 0.723. The van der Waals surface area contributed by atoms with Crippen LogP contribution in [0, 0.1) is 0 Å². The highest BCUT2D eigenvalue weighted by Crippen LogP contribution is 2.30. The lowest BCUT2D eigenvalue weighted by atomic mass is 10.1. The van der Waals surface area contributed by atoms with E-state index in [4.69, 9.17) is 0 Å². The van der Waals surface area contributed by atoms with E-state index in [1.54, 1.807) is 6.07 Å². The number of rotatable bonds is 3. The Morgan fingerprint density at radius 2 is 1.62 bits per heavy atom. The van der Waals surface area contributed by atoms with E-state index in [9.17, 15) is 5.11 Å². The molecule has 0 radical (unpaired) electrons. The predicted octanol–water partition coefficient (Wildman–Crippen LogP) is 5.68. The predicted molar refractivity (Wildman–Crippen MR) is 94.8 cm³/mol. The third kappa shape index (κ3) is 3.06. The van der Waals surface area contributed by atoms with E-state index in [-0.39, 0.29) is 0 Å². The van der Waals surface area contributed by atoms with Crippen molar-refractivity contribution in [3.05, 3.63) is 69.1 Å². The van der Waals surface area contributed by atoms with Gasteiger partial charge in [-0.05, 0) is 61.7 Å². The smallest absolute Gasteiger partial charge is 0.123 e. The molecule has 2 N–H and O–H groups in total. The van der Waals surface area contributed by atoms with Gasteiger partial charge in [-0.25, -0.2) is 0 Å². The van der Waals surface area contributed by atoms with Crippen molar-refractivity contribution in [2.24, 2.45) is 0 Å². The monoisotopic (exact) mass is 405 g/mol. The van der Waals surface area contributed by atoms with Gasteiger partial charge in [-0.2, -0.15) is 0 Å². The van der Waals surface area contributed by atoms with E-state index in [1.165, 1.54) is 5.56 Å². The minimum absolute atomic E-state index is 0.308. The van der Waals surface area contributed by atoms with Crippen molar-refractivity contribution in [1.82, 2.24) is 0 Å². The second-order valence-corrected chi connectivity index (χ2v) is 6.49. The molecule has 21 heavy (non-hydrogen) atoms. The number of phenols is 1. The van der Waals surface area contributed by atoms with Crippen LogP contribution in [0.5, 0.6) is 5.75 Å². The van der Waals surface area contributed by atoms with Crippen LogP contribution < -0.4 is 5.32 Å². The van der Waals surface area contributed by atoms with Gasteiger partial charge in [-0.1, -0.05) is 30.3 Å². The van der Waals surface area contributed by atoms with Gasteiger partial charge in [-0.3, -0.25) is 0 Å². The SMILES string of the molecule is Oc1cccc2c(NCc3ccc(Br)c(Br)c3)cccc12. The highest BCUT2D eigenvalue weighted by Gasteiger charge is 2.04. The number of hydrogen-bond donors (Lipinski definition) is 2. The lowest BCUT2D eigenvalue weighted by Gasteiger charge is -2.11. The molecule has 0 unspecified atom stereocenters. The molecule has 0 spiro atoms. The fourth-order valence-electron chi connectivity index (χ4n) is 2.29. The first-order chi connectivity index (χ1) is 10.1. The number of hydrogen-bond acceptors (Lipinski definition) is 2. The molecule has 3 aromatic rings. The molecule has 0 saturated carbocycles. The lowest BCUT2D eigenvalue weighted by Crippen LogP contribution is -2.00. The first-order valence-electron chi connectivity index (χ1n) is 6.53. The molecule has 0 fully saturated rings. The highest BCUT2D eigenvalue weighted by molar-refractivity contribution is 9.13. The van der Waals surface area contributed by atoms with Crippen LogP contribution in [0.15, 0.2) is 63.5 Å². The Labute approximate surface area is 140 Å². The minimum Gasteiger partial charge on any atom is -0.507 e. The maximum absolute atomic E-state index is 9.91. The molecule has 0 atom stereocenters. The summed E-state index contributed by atoms with van der Waals surface area (Å²) in [6, 6.07) is 17.6. The van der Waals surface area contributed by atoms with Crippen LogP contribution in [-0.2, 0) is 6.54 Å². The van der Waals surface area contributed by atoms with Crippen LogP contribution in [-0.4, -0.2) is 5.11 Å². The lowest BCUT2D eigenvalue weighted by molar-refractivity contribution is 0.481. The maximum Gasteiger partial charge on any atom is 0.123 e. The molecular formula is C17H13Br2NO. The number of aromatic hydroxyl groups is 1. The van der Waals surface area contributed by atoms with Crippen LogP contribution in [0.2, 0.25) is 0 Å². The van der Waals surface area contributed by atoms with Gasteiger partial charge >= 0.3 is 0 Å². The van der Waals surface area contributed by atoms with Gasteiger partial charge in [0.1, 0.15) is 5.75 Å². The van der Waals surface area contributed by atoms with Gasteiger partial charge < -0.3 is 10.4 Å². The zero-order valence-electron chi connectivity index (χ0n) is 11.1. The van der Waals surface area contributed by atoms with Crippen LogP contribution in [0.4, 0.5) is 5.69 Å². The summed E-state index contributed by atoms with van der Waals surface area (Å²) in [7, 11) is 0. The molecule has 0 aliphatic carbocycles. The maximum atomic E-state index is 9.91.